The molecule has 0 bridgehead atoms. The number of nitrogens with zero attached hydrogens (tertiary/aromatic N) is 3. The SMILES string of the molecule is NC(C=CC1CCCN1)=Nc1cnccn1. The van der Waals surface area contributed by atoms with E-state index in [4.69, 9.17) is 5.73 Å². The Hall–Kier alpha value is -1.75. The van der Waals surface area contributed by atoms with Crippen molar-refractivity contribution in [3.8, 4) is 0 Å². The molecule has 1 fully saturated rings. The predicted molar refractivity (Wildman–Crippen MR) is 63.5 cm³/mol. The number of aliphatic imine (C=N–C) groups is 1. The van der Waals surface area contributed by atoms with E-state index in [-0.39, 0.29) is 0 Å². The normalized spacial score (nSPS) is 21.8. The monoisotopic (exact) mass is 217 g/mol. The van der Waals surface area contributed by atoms with E-state index in [0.717, 1.165) is 13.0 Å². The number of nitrogens with two attached hydrogens (primary N) is 1. The van der Waals surface area contributed by atoms with E-state index in [1.807, 2.05) is 12.2 Å². The third kappa shape index (κ3) is 3.13. The zero-order chi connectivity index (χ0) is 11.2. The van der Waals surface area contributed by atoms with Crippen LogP contribution in [0.2, 0.25) is 0 Å². The molecular weight excluding hydrogens is 202 g/mol. The summed E-state index contributed by atoms with van der Waals surface area (Å²) >= 11 is 0. The van der Waals surface area contributed by atoms with Crippen molar-refractivity contribution in [2.45, 2.75) is 18.9 Å². The molecule has 3 N–H and O–H groups in total. The Kier molecular flexibility index (Phi) is 3.61. The topological polar surface area (TPSA) is 76.2 Å². The fourth-order valence-electron chi connectivity index (χ4n) is 1.61. The standard InChI is InChI=1S/C11H15N5/c12-10(4-3-9-2-1-5-14-9)16-11-8-13-6-7-15-11/h3-4,6-9,14H,1-2,5H2,(H2,12,15,16). The molecule has 84 valence electrons. The van der Waals surface area contributed by atoms with Gasteiger partial charge in [0.05, 0.1) is 6.20 Å². The zero-order valence-electron chi connectivity index (χ0n) is 9.00. The number of hydrogen-bond donors (Lipinski definition) is 2. The summed E-state index contributed by atoms with van der Waals surface area (Å²) in [6.07, 6.45) is 11.0. The van der Waals surface area contributed by atoms with Crippen LogP contribution in [0.5, 0.6) is 0 Å². The lowest BCUT2D eigenvalue weighted by molar-refractivity contribution is 0.728. The van der Waals surface area contributed by atoms with Crippen LogP contribution in [-0.4, -0.2) is 28.4 Å². The van der Waals surface area contributed by atoms with Crippen LogP contribution < -0.4 is 11.1 Å². The molecule has 1 saturated heterocycles. The molecule has 1 aliphatic heterocycles. The molecule has 1 aromatic rings. The molecule has 16 heavy (non-hydrogen) atoms. The van der Waals surface area contributed by atoms with Gasteiger partial charge in [0.1, 0.15) is 5.84 Å². The number of aromatic nitrogens is 2. The van der Waals surface area contributed by atoms with Crippen LogP contribution >= 0.6 is 0 Å². The van der Waals surface area contributed by atoms with Crippen LogP contribution in [0, 0.1) is 0 Å². The molecule has 0 aromatic carbocycles. The maximum Gasteiger partial charge on any atom is 0.172 e. The average molecular weight is 217 g/mol. The van der Waals surface area contributed by atoms with Gasteiger partial charge in [-0.05, 0) is 25.5 Å². The minimum atomic E-state index is 0.426. The highest BCUT2D eigenvalue weighted by Gasteiger charge is 2.09. The highest BCUT2D eigenvalue weighted by atomic mass is 15.0. The van der Waals surface area contributed by atoms with Gasteiger partial charge in [-0.25, -0.2) is 9.98 Å². The third-order valence-corrected chi connectivity index (χ3v) is 2.39. The number of amidine groups is 1. The van der Waals surface area contributed by atoms with Gasteiger partial charge in [-0.15, -0.1) is 0 Å². The zero-order valence-corrected chi connectivity index (χ0v) is 9.00. The van der Waals surface area contributed by atoms with Crippen LogP contribution in [0.15, 0.2) is 35.7 Å². The molecule has 0 radical (unpaired) electrons. The van der Waals surface area contributed by atoms with Crippen molar-refractivity contribution in [3.05, 3.63) is 30.7 Å². The van der Waals surface area contributed by atoms with Crippen molar-refractivity contribution in [2.75, 3.05) is 6.54 Å². The van der Waals surface area contributed by atoms with Crippen LogP contribution in [0.4, 0.5) is 5.82 Å². The van der Waals surface area contributed by atoms with Gasteiger partial charge in [0.15, 0.2) is 5.82 Å². The average Bonchev–Trinajstić information content (AvgIpc) is 2.81. The van der Waals surface area contributed by atoms with Crippen LogP contribution in [0.25, 0.3) is 0 Å². The highest BCUT2D eigenvalue weighted by Crippen LogP contribution is 2.06. The number of rotatable bonds is 3. The predicted octanol–water partition coefficient (Wildman–Crippen LogP) is 0.773. The van der Waals surface area contributed by atoms with Gasteiger partial charge in [0.25, 0.3) is 0 Å². The first kappa shape index (κ1) is 10.8. The summed E-state index contributed by atoms with van der Waals surface area (Å²) < 4.78 is 0. The molecule has 5 heteroatoms. The lowest BCUT2D eigenvalue weighted by atomic mass is 10.2. The van der Waals surface area contributed by atoms with Gasteiger partial charge < -0.3 is 11.1 Å². The first-order chi connectivity index (χ1) is 7.84. The van der Waals surface area contributed by atoms with Gasteiger partial charge in [-0.1, -0.05) is 6.08 Å². The molecule has 1 unspecified atom stereocenters. The van der Waals surface area contributed by atoms with Crippen molar-refractivity contribution in [3.63, 3.8) is 0 Å². The van der Waals surface area contributed by atoms with E-state index in [1.54, 1.807) is 18.6 Å². The van der Waals surface area contributed by atoms with Gasteiger partial charge in [0.2, 0.25) is 0 Å². The maximum absolute atomic E-state index is 5.75. The quantitative estimate of drug-likeness (QED) is 0.579. The Morgan fingerprint density at radius 3 is 3.19 bits per heavy atom. The molecule has 0 saturated carbocycles. The third-order valence-electron chi connectivity index (χ3n) is 2.39. The van der Waals surface area contributed by atoms with Crippen molar-refractivity contribution in [1.82, 2.24) is 15.3 Å². The Morgan fingerprint density at radius 1 is 1.56 bits per heavy atom. The van der Waals surface area contributed by atoms with Crippen LogP contribution in [0.1, 0.15) is 12.8 Å². The second kappa shape index (κ2) is 5.37. The van der Waals surface area contributed by atoms with Crippen molar-refractivity contribution in [2.24, 2.45) is 10.7 Å². The van der Waals surface area contributed by atoms with Crippen LogP contribution in [0.3, 0.4) is 0 Å². The second-order valence-electron chi connectivity index (χ2n) is 3.66. The van der Waals surface area contributed by atoms with E-state index in [2.05, 4.69) is 20.3 Å². The largest absolute Gasteiger partial charge is 0.384 e. The molecule has 1 aromatic heterocycles. The summed E-state index contributed by atoms with van der Waals surface area (Å²) in [5, 5.41) is 3.35. The molecule has 5 nitrogen and oxygen atoms in total. The van der Waals surface area contributed by atoms with Crippen molar-refractivity contribution >= 4 is 11.7 Å². The van der Waals surface area contributed by atoms with E-state index in [9.17, 15) is 0 Å². The lowest BCUT2D eigenvalue weighted by Crippen LogP contribution is -2.19. The van der Waals surface area contributed by atoms with Gasteiger partial charge in [-0.3, -0.25) is 4.98 Å². The lowest BCUT2D eigenvalue weighted by Gasteiger charge is -2.01. The first-order valence-electron chi connectivity index (χ1n) is 5.36. The van der Waals surface area contributed by atoms with Crippen molar-refractivity contribution in [1.29, 1.82) is 0 Å². The molecule has 1 aliphatic rings. The van der Waals surface area contributed by atoms with Gasteiger partial charge in [-0.2, -0.15) is 0 Å². The molecular formula is C11H15N5. The summed E-state index contributed by atoms with van der Waals surface area (Å²) in [5.41, 5.74) is 5.75. The van der Waals surface area contributed by atoms with Crippen LogP contribution in [-0.2, 0) is 0 Å². The first-order valence-corrected chi connectivity index (χ1v) is 5.36. The molecule has 0 aliphatic carbocycles. The summed E-state index contributed by atoms with van der Waals surface area (Å²) in [5.74, 6) is 0.984. The number of hydrogen-bond acceptors (Lipinski definition) is 4. The van der Waals surface area contributed by atoms with Crippen molar-refractivity contribution < 1.29 is 0 Å². The Morgan fingerprint density at radius 2 is 2.50 bits per heavy atom. The molecule has 0 spiro atoms. The second-order valence-corrected chi connectivity index (χ2v) is 3.66. The van der Waals surface area contributed by atoms with E-state index in [1.165, 1.54) is 6.42 Å². The molecule has 2 heterocycles. The fourth-order valence-corrected chi connectivity index (χ4v) is 1.61. The Bertz CT molecular complexity index is 379. The summed E-state index contributed by atoms with van der Waals surface area (Å²) in [4.78, 5) is 12.1. The van der Waals surface area contributed by atoms with Gasteiger partial charge >= 0.3 is 0 Å². The van der Waals surface area contributed by atoms with E-state index < -0.39 is 0 Å². The Balaban J connectivity index is 1.96. The summed E-state index contributed by atoms with van der Waals surface area (Å²) in [7, 11) is 0. The summed E-state index contributed by atoms with van der Waals surface area (Å²) in [6.45, 7) is 1.08. The smallest absolute Gasteiger partial charge is 0.172 e. The summed E-state index contributed by atoms with van der Waals surface area (Å²) in [6, 6.07) is 0.426. The number of nitrogens with one attached hydrogen (secondary N) is 1. The molecule has 1 atom stereocenters. The molecule has 0 amide bonds. The van der Waals surface area contributed by atoms with E-state index >= 15 is 0 Å². The fraction of sp³-hybridized carbons (Fsp3) is 0.364. The minimum Gasteiger partial charge on any atom is -0.384 e. The van der Waals surface area contributed by atoms with E-state index in [0.29, 0.717) is 17.7 Å². The minimum absolute atomic E-state index is 0.426. The highest BCUT2D eigenvalue weighted by molar-refractivity contribution is 5.93. The van der Waals surface area contributed by atoms with Gasteiger partial charge in [0, 0.05) is 18.4 Å². The molecule has 2 rings (SSSR count). The maximum atomic E-state index is 5.75. The Labute approximate surface area is 94.5 Å².